The van der Waals surface area contributed by atoms with E-state index in [2.05, 4.69) is 15.5 Å². The number of carbonyl (C=O) groups is 1. The van der Waals surface area contributed by atoms with E-state index in [1.54, 1.807) is 24.3 Å². The summed E-state index contributed by atoms with van der Waals surface area (Å²) in [6.45, 7) is 0.434. The molecule has 0 spiro atoms. The van der Waals surface area contributed by atoms with Gasteiger partial charge in [-0.15, -0.1) is 0 Å². The van der Waals surface area contributed by atoms with Gasteiger partial charge in [0.2, 0.25) is 5.89 Å². The number of rotatable bonds is 6. The van der Waals surface area contributed by atoms with E-state index in [-0.39, 0.29) is 11.7 Å². The summed E-state index contributed by atoms with van der Waals surface area (Å²) in [5.74, 6) is 1.78. The zero-order valence-electron chi connectivity index (χ0n) is 15.6. The highest BCUT2D eigenvalue weighted by Crippen LogP contribution is 2.33. The van der Waals surface area contributed by atoms with Crippen molar-refractivity contribution in [2.45, 2.75) is 38.0 Å². The van der Waals surface area contributed by atoms with E-state index in [9.17, 15) is 9.90 Å². The van der Waals surface area contributed by atoms with E-state index in [0.29, 0.717) is 35.8 Å². The average molecular weight is 377 g/mol. The molecule has 0 unspecified atom stereocenters. The van der Waals surface area contributed by atoms with Crippen molar-refractivity contribution in [3.8, 4) is 16.9 Å². The lowest BCUT2D eigenvalue weighted by Crippen LogP contribution is -2.26. The van der Waals surface area contributed by atoms with Gasteiger partial charge in [-0.1, -0.05) is 48.3 Å². The van der Waals surface area contributed by atoms with Crippen LogP contribution in [0.25, 0.3) is 11.1 Å². The van der Waals surface area contributed by atoms with Gasteiger partial charge in [0.25, 0.3) is 5.91 Å². The van der Waals surface area contributed by atoms with Gasteiger partial charge in [0, 0.05) is 30.0 Å². The number of carbonyl (C=O) groups excluding carboxylic acids is 1. The lowest BCUT2D eigenvalue weighted by atomic mass is 10.0. The second-order valence-corrected chi connectivity index (χ2v) is 7.13. The molecule has 1 saturated carbocycles. The third-order valence-corrected chi connectivity index (χ3v) is 5.16. The number of para-hydroxylation sites is 1. The Hall–Kier alpha value is -3.15. The molecule has 3 aromatic rings. The van der Waals surface area contributed by atoms with Crippen LogP contribution in [-0.4, -0.2) is 27.7 Å². The highest BCUT2D eigenvalue weighted by Gasteiger charge is 2.22. The van der Waals surface area contributed by atoms with Gasteiger partial charge < -0.3 is 14.9 Å². The lowest BCUT2D eigenvalue weighted by Gasteiger charge is -2.08. The van der Waals surface area contributed by atoms with Crippen LogP contribution in [0.3, 0.4) is 0 Å². The topological polar surface area (TPSA) is 88.3 Å². The van der Waals surface area contributed by atoms with Gasteiger partial charge in [-0.2, -0.15) is 4.98 Å². The van der Waals surface area contributed by atoms with Crippen LogP contribution < -0.4 is 5.32 Å². The van der Waals surface area contributed by atoms with E-state index < -0.39 is 0 Å². The number of nitrogens with one attached hydrogen (secondary N) is 1. The normalized spacial score (nSPS) is 14.3. The lowest BCUT2D eigenvalue weighted by molar-refractivity contribution is 0.0954. The van der Waals surface area contributed by atoms with Crippen molar-refractivity contribution in [3.63, 3.8) is 0 Å². The molecule has 6 heteroatoms. The van der Waals surface area contributed by atoms with Crippen LogP contribution in [0.15, 0.2) is 53.1 Å². The monoisotopic (exact) mass is 377 g/mol. The fourth-order valence-corrected chi connectivity index (χ4v) is 3.64. The molecule has 1 heterocycles. The Labute approximate surface area is 163 Å². The number of aromatic nitrogens is 2. The minimum Gasteiger partial charge on any atom is -0.507 e. The van der Waals surface area contributed by atoms with Crippen LogP contribution in [0, 0.1) is 0 Å². The molecule has 0 saturated heterocycles. The molecular weight excluding hydrogens is 354 g/mol. The Bertz CT molecular complexity index is 961. The predicted octanol–water partition coefficient (Wildman–Crippen LogP) is 4.07. The van der Waals surface area contributed by atoms with Crippen molar-refractivity contribution in [3.05, 3.63) is 65.8 Å². The summed E-state index contributed by atoms with van der Waals surface area (Å²) in [6, 6.07) is 14.3. The second-order valence-electron chi connectivity index (χ2n) is 7.13. The molecule has 1 aliphatic carbocycles. The predicted molar refractivity (Wildman–Crippen MR) is 105 cm³/mol. The summed E-state index contributed by atoms with van der Waals surface area (Å²) in [7, 11) is 0. The summed E-state index contributed by atoms with van der Waals surface area (Å²) < 4.78 is 5.37. The maximum absolute atomic E-state index is 12.5. The molecule has 4 rings (SSSR count). The quantitative estimate of drug-likeness (QED) is 0.676. The van der Waals surface area contributed by atoms with Crippen LogP contribution in [0.4, 0.5) is 0 Å². The number of phenols is 1. The Balaban J connectivity index is 1.35. The number of phenolic OH excluding ortho intramolecular Hbond substituents is 1. The van der Waals surface area contributed by atoms with E-state index in [1.165, 1.54) is 12.8 Å². The number of hydrogen-bond acceptors (Lipinski definition) is 5. The van der Waals surface area contributed by atoms with Gasteiger partial charge in [-0.05, 0) is 36.6 Å². The van der Waals surface area contributed by atoms with Gasteiger partial charge in [0.15, 0.2) is 5.82 Å². The molecule has 0 aliphatic heterocycles. The molecule has 6 nitrogen and oxygen atoms in total. The molecule has 144 valence electrons. The SMILES string of the molecule is O=C(NCCc1noc(C2CCCC2)n1)c1cccc(-c2ccccc2O)c1. The van der Waals surface area contributed by atoms with Gasteiger partial charge >= 0.3 is 0 Å². The number of aromatic hydroxyl groups is 1. The van der Waals surface area contributed by atoms with Gasteiger partial charge in [0.1, 0.15) is 5.75 Å². The van der Waals surface area contributed by atoms with Crippen molar-refractivity contribution in [1.82, 2.24) is 15.5 Å². The average Bonchev–Trinajstić information content (AvgIpc) is 3.40. The fourth-order valence-electron chi connectivity index (χ4n) is 3.64. The van der Waals surface area contributed by atoms with Gasteiger partial charge in [-0.25, -0.2) is 0 Å². The summed E-state index contributed by atoms with van der Waals surface area (Å²) in [6.07, 6.45) is 5.20. The minimum absolute atomic E-state index is 0.170. The number of benzene rings is 2. The number of nitrogens with zero attached hydrogens (tertiary/aromatic N) is 2. The Morgan fingerprint density at radius 3 is 2.79 bits per heavy atom. The fraction of sp³-hybridized carbons (Fsp3) is 0.318. The Kier molecular flexibility index (Phi) is 5.37. The molecule has 1 amide bonds. The zero-order chi connectivity index (χ0) is 19.3. The van der Waals surface area contributed by atoms with E-state index in [1.807, 2.05) is 24.3 Å². The first-order valence-electron chi connectivity index (χ1n) is 9.70. The molecule has 1 fully saturated rings. The van der Waals surface area contributed by atoms with Crippen LogP contribution in [0.2, 0.25) is 0 Å². The van der Waals surface area contributed by atoms with Crippen molar-refractivity contribution >= 4 is 5.91 Å². The van der Waals surface area contributed by atoms with Gasteiger partial charge in [-0.3, -0.25) is 4.79 Å². The standard InChI is InChI=1S/C22H23N3O3/c26-19-11-4-3-10-18(19)16-8-5-9-17(14-16)21(27)23-13-12-20-24-22(28-25-20)15-6-1-2-7-15/h3-5,8-11,14-15,26H,1-2,6-7,12-13H2,(H,23,27). The molecule has 0 bridgehead atoms. The minimum atomic E-state index is -0.170. The van der Waals surface area contributed by atoms with Crippen molar-refractivity contribution in [2.75, 3.05) is 6.54 Å². The third kappa shape index (κ3) is 4.06. The molecule has 2 aromatic carbocycles. The largest absolute Gasteiger partial charge is 0.507 e. The van der Waals surface area contributed by atoms with Crippen molar-refractivity contribution in [1.29, 1.82) is 0 Å². The number of hydrogen-bond donors (Lipinski definition) is 2. The molecule has 2 N–H and O–H groups in total. The molecular formula is C22H23N3O3. The van der Waals surface area contributed by atoms with Gasteiger partial charge in [0.05, 0.1) is 0 Å². The second kappa shape index (κ2) is 8.25. The van der Waals surface area contributed by atoms with E-state index >= 15 is 0 Å². The molecule has 0 atom stereocenters. The Morgan fingerprint density at radius 1 is 1.14 bits per heavy atom. The van der Waals surface area contributed by atoms with Crippen molar-refractivity contribution < 1.29 is 14.4 Å². The summed E-state index contributed by atoms with van der Waals surface area (Å²) >= 11 is 0. The molecule has 28 heavy (non-hydrogen) atoms. The molecule has 1 aliphatic rings. The highest BCUT2D eigenvalue weighted by atomic mass is 16.5. The maximum atomic E-state index is 12.5. The van der Waals surface area contributed by atoms with Crippen LogP contribution in [0.1, 0.15) is 53.7 Å². The van der Waals surface area contributed by atoms with Crippen LogP contribution in [0.5, 0.6) is 5.75 Å². The van der Waals surface area contributed by atoms with Crippen molar-refractivity contribution in [2.24, 2.45) is 0 Å². The first-order chi connectivity index (χ1) is 13.7. The zero-order valence-corrected chi connectivity index (χ0v) is 15.6. The Morgan fingerprint density at radius 2 is 1.96 bits per heavy atom. The first-order valence-corrected chi connectivity index (χ1v) is 9.70. The van der Waals surface area contributed by atoms with Crippen LogP contribution >= 0.6 is 0 Å². The van der Waals surface area contributed by atoms with E-state index in [4.69, 9.17) is 4.52 Å². The molecule has 0 radical (unpaired) electrons. The third-order valence-electron chi connectivity index (χ3n) is 5.16. The number of amides is 1. The molecule has 1 aromatic heterocycles. The van der Waals surface area contributed by atoms with E-state index in [0.717, 1.165) is 24.3 Å². The summed E-state index contributed by atoms with van der Waals surface area (Å²) in [5.41, 5.74) is 2.04. The first kappa shape index (κ1) is 18.2. The smallest absolute Gasteiger partial charge is 0.251 e. The summed E-state index contributed by atoms with van der Waals surface area (Å²) in [5, 5.41) is 16.9. The summed E-state index contributed by atoms with van der Waals surface area (Å²) in [4.78, 5) is 16.9. The highest BCUT2D eigenvalue weighted by molar-refractivity contribution is 5.95. The van der Waals surface area contributed by atoms with Crippen LogP contribution in [-0.2, 0) is 6.42 Å². The maximum Gasteiger partial charge on any atom is 0.251 e.